The van der Waals surface area contributed by atoms with Crippen molar-refractivity contribution in [1.82, 2.24) is 5.32 Å². The molecule has 2 rings (SSSR count). The molecule has 0 amide bonds. The average molecular weight is 391 g/mol. The molecule has 2 N–H and O–H groups in total. The number of rotatable bonds is 6. The molecule has 138 valence electrons. The molecule has 0 bridgehead atoms. The lowest BCUT2D eigenvalue weighted by Crippen LogP contribution is -2.32. The molecule has 0 aliphatic rings. The second-order valence-corrected chi connectivity index (χ2v) is 6.65. The van der Waals surface area contributed by atoms with Crippen LogP contribution in [0.5, 0.6) is 0 Å². The summed E-state index contributed by atoms with van der Waals surface area (Å²) in [6, 6.07) is 13.4. The van der Waals surface area contributed by atoms with Gasteiger partial charge in [0, 0.05) is 5.69 Å². The molecule has 0 saturated heterocycles. The monoisotopic (exact) mass is 390 g/mol. The third kappa shape index (κ3) is 5.19. The summed E-state index contributed by atoms with van der Waals surface area (Å²) in [6.45, 7) is 6.26. The fourth-order valence-electron chi connectivity index (χ4n) is 2.67. The Morgan fingerprint density at radius 2 is 1.96 bits per heavy atom. The number of esters is 1. The molecular weight excluding hydrogens is 368 g/mol. The number of benzene rings is 2. The van der Waals surface area contributed by atoms with Crippen LogP contribution in [0.15, 0.2) is 42.5 Å². The van der Waals surface area contributed by atoms with Crippen molar-refractivity contribution >= 4 is 40.6 Å². The number of ether oxygens (including phenoxy) is 1. The van der Waals surface area contributed by atoms with Crippen LogP contribution < -0.4 is 10.6 Å². The summed E-state index contributed by atoms with van der Waals surface area (Å²) >= 11 is 11.6. The van der Waals surface area contributed by atoms with Crippen LogP contribution in [0.3, 0.4) is 0 Å². The molecular formula is C20H23ClN2O2S. The Morgan fingerprint density at radius 1 is 1.23 bits per heavy atom. The Labute approximate surface area is 164 Å². The zero-order valence-electron chi connectivity index (χ0n) is 15.1. The van der Waals surface area contributed by atoms with Crippen LogP contribution in [0.1, 0.15) is 47.8 Å². The quantitative estimate of drug-likeness (QED) is 0.520. The van der Waals surface area contributed by atoms with E-state index in [0.717, 1.165) is 6.42 Å². The van der Waals surface area contributed by atoms with Gasteiger partial charge < -0.3 is 15.4 Å². The Kier molecular flexibility index (Phi) is 7.42. The van der Waals surface area contributed by atoms with Crippen LogP contribution in [0, 0.1) is 6.92 Å². The van der Waals surface area contributed by atoms with E-state index in [1.165, 1.54) is 11.1 Å². The minimum Gasteiger partial charge on any atom is -0.462 e. The van der Waals surface area contributed by atoms with Crippen molar-refractivity contribution in [2.75, 3.05) is 11.9 Å². The molecule has 0 heterocycles. The lowest BCUT2D eigenvalue weighted by molar-refractivity contribution is 0.0526. The highest BCUT2D eigenvalue weighted by atomic mass is 35.5. The van der Waals surface area contributed by atoms with Crippen molar-refractivity contribution in [3.8, 4) is 0 Å². The predicted molar refractivity (Wildman–Crippen MR) is 111 cm³/mol. The minimum atomic E-state index is -0.435. The van der Waals surface area contributed by atoms with Gasteiger partial charge in [0.1, 0.15) is 0 Å². The number of aryl methyl sites for hydroxylation is 1. The first-order valence-electron chi connectivity index (χ1n) is 8.56. The van der Waals surface area contributed by atoms with Gasteiger partial charge in [0.2, 0.25) is 0 Å². The maximum absolute atomic E-state index is 11.8. The largest absolute Gasteiger partial charge is 0.462 e. The maximum Gasteiger partial charge on any atom is 0.339 e. The number of halogens is 1. The number of carbonyl (C=O) groups is 1. The zero-order chi connectivity index (χ0) is 19.1. The normalized spacial score (nSPS) is 11.5. The molecule has 0 aliphatic heterocycles. The number of hydrogen-bond acceptors (Lipinski definition) is 3. The first-order chi connectivity index (χ1) is 12.5. The van der Waals surface area contributed by atoms with E-state index in [-0.39, 0.29) is 6.04 Å². The Bertz CT molecular complexity index is 795. The van der Waals surface area contributed by atoms with Crippen LogP contribution in [-0.2, 0) is 4.74 Å². The van der Waals surface area contributed by atoms with Crippen LogP contribution in [-0.4, -0.2) is 17.7 Å². The molecule has 6 heteroatoms. The van der Waals surface area contributed by atoms with Gasteiger partial charge in [-0.05, 0) is 61.8 Å². The summed E-state index contributed by atoms with van der Waals surface area (Å²) in [5.41, 5.74) is 3.48. The van der Waals surface area contributed by atoms with E-state index in [1.54, 1.807) is 25.1 Å². The standard InChI is InChI=1S/C20H23ClN2O2S/c1-4-18(15-9-7-6-8-13(15)3)23-20(26)22-14-10-11-16(17(21)12-14)19(24)25-5-2/h6-12,18H,4-5H2,1-3H3,(H2,22,23,26). The summed E-state index contributed by atoms with van der Waals surface area (Å²) in [6.07, 6.45) is 0.898. The predicted octanol–water partition coefficient (Wildman–Crippen LogP) is 5.26. The molecule has 0 aliphatic carbocycles. The fourth-order valence-corrected chi connectivity index (χ4v) is 3.19. The topological polar surface area (TPSA) is 50.4 Å². The molecule has 4 nitrogen and oxygen atoms in total. The van der Waals surface area contributed by atoms with E-state index in [4.69, 9.17) is 28.6 Å². The smallest absolute Gasteiger partial charge is 0.339 e. The van der Waals surface area contributed by atoms with Crippen LogP contribution in [0.4, 0.5) is 5.69 Å². The zero-order valence-corrected chi connectivity index (χ0v) is 16.7. The summed E-state index contributed by atoms with van der Waals surface area (Å²) in [5.74, 6) is -0.435. The minimum absolute atomic E-state index is 0.116. The lowest BCUT2D eigenvalue weighted by atomic mass is 10.00. The van der Waals surface area contributed by atoms with Gasteiger partial charge in [0.05, 0.1) is 23.2 Å². The first-order valence-corrected chi connectivity index (χ1v) is 9.34. The van der Waals surface area contributed by atoms with Crippen LogP contribution >= 0.6 is 23.8 Å². The van der Waals surface area contributed by atoms with Gasteiger partial charge in [0.25, 0.3) is 0 Å². The van der Waals surface area contributed by atoms with Crippen molar-refractivity contribution in [2.45, 2.75) is 33.2 Å². The van der Waals surface area contributed by atoms with E-state index >= 15 is 0 Å². The van der Waals surface area contributed by atoms with Crippen LogP contribution in [0.25, 0.3) is 0 Å². The second-order valence-electron chi connectivity index (χ2n) is 5.83. The van der Waals surface area contributed by atoms with Crippen molar-refractivity contribution in [3.05, 3.63) is 64.2 Å². The van der Waals surface area contributed by atoms with Gasteiger partial charge in [0.15, 0.2) is 5.11 Å². The van der Waals surface area contributed by atoms with Crippen LogP contribution in [0.2, 0.25) is 5.02 Å². The van der Waals surface area contributed by atoms with E-state index in [2.05, 4.69) is 36.6 Å². The molecule has 0 aromatic heterocycles. The maximum atomic E-state index is 11.8. The number of thiocarbonyl (C=S) groups is 1. The first kappa shape index (κ1) is 20.2. The van der Waals surface area contributed by atoms with Gasteiger partial charge in [-0.25, -0.2) is 4.79 Å². The Hall–Kier alpha value is -2.11. The highest BCUT2D eigenvalue weighted by Gasteiger charge is 2.14. The van der Waals surface area contributed by atoms with E-state index in [9.17, 15) is 4.79 Å². The second kappa shape index (κ2) is 9.55. The molecule has 2 aromatic carbocycles. The molecule has 0 spiro atoms. The summed E-state index contributed by atoms with van der Waals surface area (Å²) in [5, 5.41) is 7.28. The van der Waals surface area contributed by atoms with Gasteiger partial charge in [-0.1, -0.05) is 42.8 Å². The van der Waals surface area contributed by atoms with E-state index in [0.29, 0.717) is 28.0 Å². The van der Waals surface area contributed by atoms with E-state index in [1.807, 2.05) is 12.1 Å². The summed E-state index contributed by atoms with van der Waals surface area (Å²) < 4.78 is 4.98. The number of hydrogen-bond donors (Lipinski definition) is 2. The van der Waals surface area contributed by atoms with Crippen molar-refractivity contribution in [2.24, 2.45) is 0 Å². The summed E-state index contributed by atoms with van der Waals surface area (Å²) in [4.78, 5) is 11.8. The third-order valence-corrected chi connectivity index (χ3v) is 4.53. The highest BCUT2D eigenvalue weighted by Crippen LogP contribution is 2.23. The van der Waals surface area contributed by atoms with Gasteiger partial charge >= 0.3 is 5.97 Å². The molecule has 0 radical (unpaired) electrons. The van der Waals surface area contributed by atoms with Gasteiger partial charge in [-0.15, -0.1) is 0 Å². The molecule has 2 aromatic rings. The SMILES string of the molecule is CCOC(=O)c1ccc(NC(=S)NC(CC)c2ccccc2C)cc1Cl. The number of anilines is 1. The number of carbonyl (C=O) groups excluding carboxylic acids is 1. The lowest BCUT2D eigenvalue weighted by Gasteiger charge is -2.21. The molecule has 26 heavy (non-hydrogen) atoms. The molecule has 1 unspecified atom stereocenters. The molecule has 0 saturated carbocycles. The fraction of sp³-hybridized carbons (Fsp3) is 0.300. The number of nitrogens with one attached hydrogen (secondary N) is 2. The van der Waals surface area contributed by atoms with Crippen molar-refractivity contribution in [1.29, 1.82) is 0 Å². The van der Waals surface area contributed by atoms with Gasteiger partial charge in [-0.2, -0.15) is 0 Å². The van der Waals surface area contributed by atoms with Gasteiger partial charge in [-0.3, -0.25) is 0 Å². The van der Waals surface area contributed by atoms with Crippen molar-refractivity contribution in [3.63, 3.8) is 0 Å². The average Bonchev–Trinajstić information content (AvgIpc) is 2.60. The molecule has 1 atom stereocenters. The highest BCUT2D eigenvalue weighted by molar-refractivity contribution is 7.80. The Balaban J connectivity index is 2.06. The Morgan fingerprint density at radius 3 is 2.58 bits per heavy atom. The van der Waals surface area contributed by atoms with E-state index < -0.39 is 5.97 Å². The van der Waals surface area contributed by atoms with Crippen molar-refractivity contribution < 1.29 is 9.53 Å². The molecule has 0 fully saturated rings. The third-order valence-electron chi connectivity index (χ3n) is 4.00. The summed E-state index contributed by atoms with van der Waals surface area (Å²) in [7, 11) is 0.